The molecule has 0 bridgehead atoms. The molecule has 0 atom stereocenters. The fourth-order valence-electron chi connectivity index (χ4n) is 1.22. The van der Waals surface area contributed by atoms with Crippen LogP contribution in [0.25, 0.3) is 0 Å². The Morgan fingerprint density at radius 3 is 2.81 bits per heavy atom. The Hall–Kier alpha value is -2.30. The summed E-state index contributed by atoms with van der Waals surface area (Å²) in [6.45, 7) is 0.120. The molecule has 5 heteroatoms. The average molecular weight is 219 g/mol. The maximum absolute atomic E-state index is 10.7. The Kier molecular flexibility index (Phi) is 2.86. The lowest BCUT2D eigenvalue weighted by molar-refractivity contribution is 0.0648. The molecule has 0 unspecified atom stereocenters. The van der Waals surface area contributed by atoms with Crippen LogP contribution in [0.5, 0.6) is 5.75 Å². The third-order valence-corrected chi connectivity index (χ3v) is 1.98. The van der Waals surface area contributed by atoms with Crippen molar-refractivity contribution in [3.63, 3.8) is 0 Å². The fraction of sp³-hybridized carbons (Fsp3) is 0.0909. The quantitative estimate of drug-likeness (QED) is 0.850. The highest BCUT2D eigenvalue weighted by Gasteiger charge is 2.15. The van der Waals surface area contributed by atoms with E-state index in [1.54, 1.807) is 12.1 Å². The molecule has 0 amide bonds. The van der Waals surface area contributed by atoms with Gasteiger partial charge in [0, 0.05) is 0 Å². The maximum Gasteiger partial charge on any atom is 0.375 e. The number of hydrogen-bond donors (Lipinski definition) is 1. The van der Waals surface area contributed by atoms with Crippen LogP contribution in [0, 0.1) is 0 Å². The molecule has 0 saturated heterocycles. The normalized spacial score (nSPS) is 10.0. The van der Waals surface area contributed by atoms with Crippen molar-refractivity contribution in [1.29, 1.82) is 0 Å². The molecular formula is C11H9NO4. The molecule has 0 fully saturated rings. The lowest BCUT2D eigenvalue weighted by Crippen LogP contribution is -2.02. The van der Waals surface area contributed by atoms with Crippen molar-refractivity contribution in [2.45, 2.75) is 6.61 Å². The van der Waals surface area contributed by atoms with E-state index >= 15 is 0 Å². The number of aromatic carboxylic acids is 1. The summed E-state index contributed by atoms with van der Waals surface area (Å²) in [6.07, 6.45) is 1.34. The van der Waals surface area contributed by atoms with Crippen LogP contribution in [0.15, 0.2) is 41.1 Å². The van der Waals surface area contributed by atoms with Gasteiger partial charge in [-0.25, -0.2) is 4.79 Å². The molecule has 0 spiro atoms. The number of carboxylic acids is 1. The number of aromatic nitrogens is 1. The topological polar surface area (TPSA) is 72.6 Å². The van der Waals surface area contributed by atoms with Crippen molar-refractivity contribution >= 4 is 5.97 Å². The molecule has 0 aliphatic carbocycles. The predicted octanol–water partition coefficient (Wildman–Crippen LogP) is 1.95. The van der Waals surface area contributed by atoms with E-state index in [0.717, 1.165) is 0 Å². The van der Waals surface area contributed by atoms with Gasteiger partial charge >= 0.3 is 5.97 Å². The first kappa shape index (κ1) is 10.2. The number of carbonyl (C=O) groups is 1. The summed E-state index contributed by atoms with van der Waals surface area (Å²) in [5, 5.41) is 12.2. The van der Waals surface area contributed by atoms with Gasteiger partial charge in [-0.15, -0.1) is 0 Å². The van der Waals surface area contributed by atoms with Gasteiger partial charge in [-0.05, 0) is 12.1 Å². The van der Waals surface area contributed by atoms with Crippen molar-refractivity contribution < 1.29 is 19.2 Å². The van der Waals surface area contributed by atoms with Gasteiger partial charge in [0.1, 0.15) is 12.4 Å². The number of nitrogens with zero attached hydrogens (tertiary/aromatic N) is 1. The van der Waals surface area contributed by atoms with Gasteiger partial charge < -0.3 is 14.4 Å². The molecule has 2 aromatic rings. The minimum Gasteiger partial charge on any atom is -0.489 e. The molecule has 5 nitrogen and oxygen atoms in total. The molecule has 2 rings (SSSR count). The molecule has 1 aromatic carbocycles. The van der Waals surface area contributed by atoms with Crippen LogP contribution in [0.4, 0.5) is 0 Å². The second-order valence-electron chi connectivity index (χ2n) is 3.09. The molecule has 0 saturated carbocycles. The van der Waals surface area contributed by atoms with Crippen LogP contribution in [0.3, 0.4) is 0 Å². The molecule has 1 N–H and O–H groups in total. The van der Waals surface area contributed by atoms with E-state index in [1.165, 1.54) is 6.20 Å². The van der Waals surface area contributed by atoms with Gasteiger partial charge in [0.05, 0.1) is 11.8 Å². The lowest BCUT2D eigenvalue weighted by Gasteiger charge is -2.03. The van der Waals surface area contributed by atoms with E-state index in [1.807, 2.05) is 18.2 Å². The van der Waals surface area contributed by atoms with E-state index in [2.05, 4.69) is 9.68 Å². The summed E-state index contributed by atoms with van der Waals surface area (Å²) in [5.74, 6) is -0.667. The van der Waals surface area contributed by atoms with Crippen LogP contribution in [0.2, 0.25) is 0 Å². The largest absolute Gasteiger partial charge is 0.489 e. The second kappa shape index (κ2) is 4.48. The number of hydrogen-bond acceptors (Lipinski definition) is 4. The average Bonchev–Trinajstić information content (AvgIpc) is 2.76. The van der Waals surface area contributed by atoms with Gasteiger partial charge in [-0.1, -0.05) is 23.4 Å². The summed E-state index contributed by atoms with van der Waals surface area (Å²) in [6, 6.07) is 9.11. The molecule has 1 aromatic heterocycles. The first-order valence-electron chi connectivity index (χ1n) is 4.62. The SMILES string of the molecule is O=C(O)c1oncc1COc1ccccc1. The smallest absolute Gasteiger partial charge is 0.375 e. The highest BCUT2D eigenvalue weighted by Crippen LogP contribution is 2.14. The molecular weight excluding hydrogens is 210 g/mol. The zero-order valence-corrected chi connectivity index (χ0v) is 8.29. The van der Waals surface area contributed by atoms with Gasteiger partial charge in [0.2, 0.25) is 0 Å². The Labute approximate surface area is 91.3 Å². The predicted molar refractivity (Wildman–Crippen MR) is 54.2 cm³/mol. The van der Waals surface area contributed by atoms with Gasteiger partial charge in [0.25, 0.3) is 5.76 Å². The van der Waals surface area contributed by atoms with E-state index in [0.29, 0.717) is 11.3 Å². The van der Waals surface area contributed by atoms with Crippen molar-refractivity contribution in [3.05, 3.63) is 47.9 Å². The van der Waals surface area contributed by atoms with Crippen LogP contribution in [0.1, 0.15) is 16.1 Å². The fourth-order valence-corrected chi connectivity index (χ4v) is 1.22. The first-order valence-corrected chi connectivity index (χ1v) is 4.62. The summed E-state index contributed by atoms with van der Waals surface area (Å²) >= 11 is 0. The number of rotatable bonds is 4. The zero-order chi connectivity index (χ0) is 11.4. The number of benzene rings is 1. The Morgan fingerprint density at radius 2 is 2.12 bits per heavy atom. The molecule has 0 radical (unpaired) electrons. The number of ether oxygens (including phenoxy) is 1. The van der Waals surface area contributed by atoms with Crippen molar-refractivity contribution in [3.8, 4) is 5.75 Å². The molecule has 16 heavy (non-hydrogen) atoms. The minimum atomic E-state index is -1.15. The van der Waals surface area contributed by atoms with Crippen LogP contribution in [-0.4, -0.2) is 16.2 Å². The van der Waals surface area contributed by atoms with Crippen molar-refractivity contribution in [1.82, 2.24) is 5.16 Å². The van der Waals surface area contributed by atoms with Crippen LogP contribution >= 0.6 is 0 Å². The van der Waals surface area contributed by atoms with Gasteiger partial charge in [-0.3, -0.25) is 0 Å². The standard InChI is InChI=1S/C11H9NO4/c13-11(14)10-8(6-12-16-10)7-15-9-4-2-1-3-5-9/h1-6H,7H2,(H,13,14). The monoisotopic (exact) mass is 219 g/mol. The number of para-hydroxylation sites is 1. The van der Waals surface area contributed by atoms with E-state index in [9.17, 15) is 4.79 Å². The van der Waals surface area contributed by atoms with Crippen molar-refractivity contribution in [2.75, 3.05) is 0 Å². The van der Waals surface area contributed by atoms with Crippen LogP contribution in [-0.2, 0) is 6.61 Å². The van der Waals surface area contributed by atoms with E-state index in [4.69, 9.17) is 9.84 Å². The first-order chi connectivity index (χ1) is 7.77. The lowest BCUT2D eigenvalue weighted by atomic mass is 10.3. The third kappa shape index (κ3) is 2.20. The molecule has 82 valence electrons. The van der Waals surface area contributed by atoms with E-state index in [-0.39, 0.29) is 12.4 Å². The summed E-state index contributed by atoms with van der Waals surface area (Å²) in [5.41, 5.74) is 0.413. The van der Waals surface area contributed by atoms with E-state index < -0.39 is 5.97 Å². The summed E-state index contributed by atoms with van der Waals surface area (Å²) < 4.78 is 9.96. The second-order valence-corrected chi connectivity index (χ2v) is 3.09. The Morgan fingerprint density at radius 1 is 1.38 bits per heavy atom. The van der Waals surface area contributed by atoms with Crippen LogP contribution < -0.4 is 4.74 Å². The molecule has 0 aliphatic rings. The third-order valence-electron chi connectivity index (χ3n) is 1.98. The number of carboxylic acid groups (broad SMARTS) is 1. The van der Waals surface area contributed by atoms with Gasteiger partial charge in [-0.2, -0.15) is 0 Å². The minimum absolute atomic E-state index is 0.120. The molecule has 0 aliphatic heterocycles. The highest BCUT2D eigenvalue weighted by atomic mass is 16.5. The van der Waals surface area contributed by atoms with Gasteiger partial charge in [0.15, 0.2) is 0 Å². The summed E-state index contributed by atoms with van der Waals surface area (Å²) in [7, 11) is 0. The zero-order valence-electron chi connectivity index (χ0n) is 8.29. The maximum atomic E-state index is 10.7. The highest BCUT2D eigenvalue weighted by molar-refractivity contribution is 5.85. The van der Waals surface area contributed by atoms with Crippen molar-refractivity contribution in [2.24, 2.45) is 0 Å². The Balaban J connectivity index is 2.05. The Bertz CT molecular complexity index is 478. The summed E-state index contributed by atoms with van der Waals surface area (Å²) in [4.78, 5) is 10.7. The molecule has 1 heterocycles.